The lowest BCUT2D eigenvalue weighted by molar-refractivity contribution is 0.0699. The number of carboxylic acids is 1. The average Bonchev–Trinajstić information content (AvgIpc) is 2.92. The van der Waals surface area contributed by atoms with Crippen molar-refractivity contribution >= 4 is 17.0 Å². The number of hydrogen-bond acceptors (Lipinski definition) is 3. The highest BCUT2D eigenvalue weighted by Crippen LogP contribution is 2.22. The molecule has 0 saturated carbocycles. The number of hydrogen-bond donors (Lipinski definition) is 1. The molecular formula is C16H14N2O3. The Kier molecular flexibility index (Phi) is 3.31. The minimum atomic E-state index is -0.974. The molecule has 0 aliphatic heterocycles. The molecule has 0 aliphatic rings. The highest BCUT2D eigenvalue weighted by molar-refractivity contribution is 6.01. The SMILES string of the molecule is CCOc1ccc(-n2cnc3c(C(=O)O)cccc32)cc1. The smallest absolute Gasteiger partial charge is 0.337 e. The summed E-state index contributed by atoms with van der Waals surface area (Å²) in [6.45, 7) is 2.56. The quantitative estimate of drug-likeness (QED) is 0.798. The van der Waals surface area contributed by atoms with Gasteiger partial charge in [-0.2, -0.15) is 0 Å². The van der Waals surface area contributed by atoms with E-state index in [1.165, 1.54) is 0 Å². The molecule has 1 N–H and O–H groups in total. The molecule has 21 heavy (non-hydrogen) atoms. The van der Waals surface area contributed by atoms with Gasteiger partial charge < -0.3 is 9.84 Å². The molecule has 0 saturated heterocycles. The molecule has 1 aromatic heterocycles. The van der Waals surface area contributed by atoms with Gasteiger partial charge >= 0.3 is 5.97 Å². The lowest BCUT2D eigenvalue weighted by Gasteiger charge is -2.07. The monoisotopic (exact) mass is 282 g/mol. The molecule has 0 radical (unpaired) electrons. The fourth-order valence-electron chi connectivity index (χ4n) is 2.29. The lowest BCUT2D eigenvalue weighted by atomic mass is 10.2. The van der Waals surface area contributed by atoms with Crippen LogP contribution >= 0.6 is 0 Å². The largest absolute Gasteiger partial charge is 0.494 e. The highest BCUT2D eigenvalue weighted by atomic mass is 16.5. The number of imidazole rings is 1. The van der Waals surface area contributed by atoms with E-state index in [2.05, 4.69) is 4.98 Å². The minimum absolute atomic E-state index is 0.206. The van der Waals surface area contributed by atoms with Crippen LogP contribution in [0.15, 0.2) is 48.8 Å². The van der Waals surface area contributed by atoms with Crippen LogP contribution in [0.1, 0.15) is 17.3 Å². The average molecular weight is 282 g/mol. The van der Waals surface area contributed by atoms with Crippen molar-refractivity contribution < 1.29 is 14.6 Å². The topological polar surface area (TPSA) is 64.4 Å². The van der Waals surface area contributed by atoms with E-state index in [9.17, 15) is 9.90 Å². The van der Waals surface area contributed by atoms with Gasteiger partial charge in [0, 0.05) is 5.69 Å². The number of fused-ring (bicyclic) bond motifs is 1. The van der Waals surface area contributed by atoms with E-state index >= 15 is 0 Å². The standard InChI is InChI=1S/C16H14N2O3/c1-2-21-12-8-6-11(7-9-12)18-10-17-15-13(16(19)20)4-3-5-14(15)18/h3-10H,2H2,1H3,(H,19,20). The number of aromatic carboxylic acids is 1. The first-order chi connectivity index (χ1) is 10.2. The van der Waals surface area contributed by atoms with Crippen molar-refractivity contribution in [3.05, 3.63) is 54.4 Å². The van der Waals surface area contributed by atoms with Crippen LogP contribution in [0.5, 0.6) is 5.75 Å². The number of rotatable bonds is 4. The number of benzene rings is 2. The van der Waals surface area contributed by atoms with Crippen molar-refractivity contribution in [3.8, 4) is 11.4 Å². The Hall–Kier alpha value is -2.82. The first-order valence-electron chi connectivity index (χ1n) is 6.63. The molecule has 0 spiro atoms. The van der Waals surface area contributed by atoms with E-state index in [0.717, 1.165) is 17.0 Å². The first kappa shape index (κ1) is 13.2. The van der Waals surface area contributed by atoms with Gasteiger partial charge in [-0.3, -0.25) is 4.57 Å². The number of nitrogens with zero attached hydrogens (tertiary/aromatic N) is 2. The van der Waals surface area contributed by atoms with E-state index in [1.807, 2.05) is 41.8 Å². The molecule has 3 aromatic rings. The summed E-state index contributed by atoms with van der Waals surface area (Å²) in [7, 11) is 0. The molecule has 5 heteroatoms. The third-order valence-corrected chi connectivity index (χ3v) is 3.23. The van der Waals surface area contributed by atoms with Gasteiger partial charge in [0.2, 0.25) is 0 Å². The van der Waals surface area contributed by atoms with Gasteiger partial charge in [0.25, 0.3) is 0 Å². The van der Waals surface area contributed by atoms with Crippen LogP contribution < -0.4 is 4.74 Å². The number of aromatic nitrogens is 2. The Morgan fingerprint density at radius 2 is 2.00 bits per heavy atom. The summed E-state index contributed by atoms with van der Waals surface area (Å²) >= 11 is 0. The van der Waals surface area contributed by atoms with E-state index in [0.29, 0.717) is 12.1 Å². The summed E-state index contributed by atoms with van der Waals surface area (Å²) in [6.07, 6.45) is 1.63. The van der Waals surface area contributed by atoms with Crippen LogP contribution in [0, 0.1) is 0 Å². The molecule has 106 valence electrons. The van der Waals surface area contributed by atoms with Crippen molar-refractivity contribution in [3.63, 3.8) is 0 Å². The maximum Gasteiger partial charge on any atom is 0.337 e. The summed E-state index contributed by atoms with van der Waals surface area (Å²) in [5.74, 6) is -0.172. The molecule has 0 unspecified atom stereocenters. The van der Waals surface area contributed by atoms with Gasteiger partial charge in [-0.05, 0) is 43.3 Å². The van der Waals surface area contributed by atoms with Crippen LogP contribution in [-0.2, 0) is 0 Å². The lowest BCUT2D eigenvalue weighted by Crippen LogP contribution is -1.98. The Morgan fingerprint density at radius 3 is 2.67 bits per heavy atom. The summed E-state index contributed by atoms with van der Waals surface area (Å²) in [5.41, 5.74) is 2.36. The summed E-state index contributed by atoms with van der Waals surface area (Å²) < 4.78 is 7.27. The van der Waals surface area contributed by atoms with Crippen molar-refractivity contribution in [1.82, 2.24) is 9.55 Å². The van der Waals surface area contributed by atoms with Gasteiger partial charge in [-0.15, -0.1) is 0 Å². The minimum Gasteiger partial charge on any atom is -0.494 e. The van der Waals surface area contributed by atoms with Crippen LogP contribution in [-0.4, -0.2) is 27.2 Å². The van der Waals surface area contributed by atoms with E-state index in [-0.39, 0.29) is 5.56 Å². The highest BCUT2D eigenvalue weighted by Gasteiger charge is 2.13. The molecular weight excluding hydrogens is 268 g/mol. The van der Waals surface area contributed by atoms with Crippen LogP contribution in [0.25, 0.3) is 16.7 Å². The van der Waals surface area contributed by atoms with Crippen LogP contribution in [0.3, 0.4) is 0 Å². The molecule has 3 rings (SSSR count). The van der Waals surface area contributed by atoms with Crippen LogP contribution in [0.2, 0.25) is 0 Å². The molecule has 2 aromatic carbocycles. The molecule has 0 amide bonds. The fourth-order valence-corrected chi connectivity index (χ4v) is 2.29. The van der Waals surface area contributed by atoms with Crippen molar-refractivity contribution in [1.29, 1.82) is 0 Å². The number of carbonyl (C=O) groups is 1. The van der Waals surface area contributed by atoms with E-state index < -0.39 is 5.97 Å². The van der Waals surface area contributed by atoms with Crippen LogP contribution in [0.4, 0.5) is 0 Å². The van der Waals surface area contributed by atoms with Gasteiger partial charge in [0.1, 0.15) is 17.6 Å². The predicted molar refractivity (Wildman–Crippen MR) is 79.2 cm³/mol. The van der Waals surface area contributed by atoms with Gasteiger partial charge in [0.05, 0.1) is 17.7 Å². The zero-order chi connectivity index (χ0) is 14.8. The zero-order valence-electron chi connectivity index (χ0n) is 11.5. The maximum absolute atomic E-state index is 11.2. The Balaban J connectivity index is 2.08. The van der Waals surface area contributed by atoms with Gasteiger partial charge in [-0.25, -0.2) is 9.78 Å². The summed E-state index contributed by atoms with van der Waals surface area (Å²) in [4.78, 5) is 15.4. The molecule has 0 aliphatic carbocycles. The molecule has 0 bridgehead atoms. The second-order valence-corrected chi connectivity index (χ2v) is 4.52. The van der Waals surface area contributed by atoms with Crippen molar-refractivity contribution in [2.24, 2.45) is 0 Å². The number of para-hydroxylation sites is 1. The van der Waals surface area contributed by atoms with Crippen molar-refractivity contribution in [2.75, 3.05) is 6.61 Å². The molecule has 0 fully saturated rings. The fraction of sp³-hybridized carbons (Fsp3) is 0.125. The Bertz CT molecular complexity index is 791. The molecule has 1 heterocycles. The first-order valence-corrected chi connectivity index (χ1v) is 6.63. The van der Waals surface area contributed by atoms with E-state index in [4.69, 9.17) is 4.74 Å². The third kappa shape index (κ3) is 2.33. The normalized spacial score (nSPS) is 10.7. The Labute approximate surface area is 121 Å². The Morgan fingerprint density at radius 1 is 1.24 bits per heavy atom. The second kappa shape index (κ2) is 5.28. The van der Waals surface area contributed by atoms with Gasteiger partial charge in [-0.1, -0.05) is 6.07 Å². The maximum atomic E-state index is 11.2. The predicted octanol–water partition coefficient (Wildman–Crippen LogP) is 3.12. The van der Waals surface area contributed by atoms with Crippen molar-refractivity contribution in [2.45, 2.75) is 6.92 Å². The number of carboxylic acid groups (broad SMARTS) is 1. The zero-order valence-corrected chi connectivity index (χ0v) is 11.5. The molecule has 5 nitrogen and oxygen atoms in total. The summed E-state index contributed by atoms with van der Waals surface area (Å²) in [6, 6.07) is 12.7. The summed E-state index contributed by atoms with van der Waals surface area (Å²) in [5, 5.41) is 9.19. The van der Waals surface area contributed by atoms with Gasteiger partial charge in [0.15, 0.2) is 0 Å². The second-order valence-electron chi connectivity index (χ2n) is 4.52. The molecule has 0 atom stereocenters. The van der Waals surface area contributed by atoms with E-state index in [1.54, 1.807) is 18.5 Å². The number of ether oxygens (including phenoxy) is 1. The third-order valence-electron chi connectivity index (χ3n) is 3.23.